The van der Waals surface area contributed by atoms with Crippen molar-refractivity contribution in [3.05, 3.63) is 16.5 Å². The molecule has 0 amide bonds. The van der Waals surface area contributed by atoms with Crippen LogP contribution in [-0.4, -0.2) is 23.1 Å². The first-order valence-electron chi connectivity index (χ1n) is 4.54. The summed E-state index contributed by atoms with van der Waals surface area (Å²) in [5, 5.41) is 9.33. The molecule has 0 aromatic carbocycles. The molecule has 0 aliphatic carbocycles. The van der Waals surface area contributed by atoms with Crippen LogP contribution >= 0.6 is 0 Å². The summed E-state index contributed by atoms with van der Waals surface area (Å²) >= 11 is 0. The summed E-state index contributed by atoms with van der Waals surface area (Å²) in [5.41, 5.74) is 8.29. The standard InChI is InChI=1S/C8H13N7/c1-5(2)11-7-4-6(10-3)12-8(13-7)14-15-9/h4-5H,1-3H3,(H2,10,11,12,13). The van der Waals surface area contributed by atoms with Gasteiger partial charge in [-0.25, -0.2) is 9.97 Å². The largest absolute Gasteiger partial charge is 0.373 e. The van der Waals surface area contributed by atoms with Gasteiger partial charge >= 0.3 is 0 Å². The maximum absolute atomic E-state index is 8.29. The molecule has 0 aliphatic heterocycles. The summed E-state index contributed by atoms with van der Waals surface area (Å²) in [6, 6.07) is 2.00. The van der Waals surface area contributed by atoms with Gasteiger partial charge in [-0.3, -0.25) is 0 Å². The van der Waals surface area contributed by atoms with Crippen LogP contribution < -0.4 is 10.6 Å². The lowest BCUT2D eigenvalue weighted by molar-refractivity contribution is 0.886. The minimum atomic E-state index is 0.104. The molecule has 0 spiro atoms. The number of azide groups is 1. The van der Waals surface area contributed by atoms with Gasteiger partial charge in [0, 0.05) is 24.1 Å². The zero-order valence-electron chi connectivity index (χ0n) is 8.89. The van der Waals surface area contributed by atoms with Gasteiger partial charge < -0.3 is 10.6 Å². The highest BCUT2D eigenvalue weighted by Crippen LogP contribution is 2.16. The molecule has 0 aliphatic rings. The Morgan fingerprint density at radius 1 is 1.40 bits per heavy atom. The third kappa shape index (κ3) is 3.32. The quantitative estimate of drug-likeness (QED) is 0.449. The van der Waals surface area contributed by atoms with Gasteiger partial charge in [-0.2, -0.15) is 0 Å². The molecular formula is C8H13N7. The Kier molecular flexibility index (Phi) is 3.70. The lowest BCUT2D eigenvalue weighted by atomic mass is 10.4. The van der Waals surface area contributed by atoms with Crippen LogP contribution in [0.15, 0.2) is 11.2 Å². The van der Waals surface area contributed by atoms with E-state index in [9.17, 15) is 0 Å². The number of aromatic nitrogens is 2. The molecule has 2 N–H and O–H groups in total. The van der Waals surface area contributed by atoms with E-state index in [0.717, 1.165) is 0 Å². The lowest BCUT2D eigenvalue weighted by Crippen LogP contribution is -2.11. The topological polar surface area (TPSA) is 98.6 Å². The zero-order chi connectivity index (χ0) is 11.3. The van der Waals surface area contributed by atoms with E-state index in [1.807, 2.05) is 13.8 Å². The minimum absolute atomic E-state index is 0.104. The van der Waals surface area contributed by atoms with Crippen molar-refractivity contribution < 1.29 is 0 Å². The first kappa shape index (κ1) is 11.1. The molecule has 1 heterocycles. The van der Waals surface area contributed by atoms with Crippen molar-refractivity contribution in [1.82, 2.24) is 9.97 Å². The van der Waals surface area contributed by atoms with Gasteiger partial charge in [0.05, 0.1) is 0 Å². The Balaban J connectivity index is 3.05. The van der Waals surface area contributed by atoms with Crippen LogP contribution in [0, 0.1) is 0 Å². The second-order valence-corrected chi connectivity index (χ2v) is 3.18. The number of rotatable bonds is 4. The highest BCUT2D eigenvalue weighted by atomic mass is 15.2. The average molecular weight is 207 g/mol. The van der Waals surface area contributed by atoms with Gasteiger partial charge in [-0.1, -0.05) is 0 Å². The summed E-state index contributed by atoms with van der Waals surface area (Å²) in [6.45, 7) is 3.99. The molecular weight excluding hydrogens is 194 g/mol. The predicted octanol–water partition coefficient (Wildman–Crippen LogP) is 2.28. The fourth-order valence-corrected chi connectivity index (χ4v) is 1.02. The number of nitrogens with one attached hydrogen (secondary N) is 2. The molecule has 0 atom stereocenters. The van der Waals surface area contributed by atoms with E-state index in [1.165, 1.54) is 0 Å². The summed E-state index contributed by atoms with van der Waals surface area (Å²) < 4.78 is 0. The summed E-state index contributed by atoms with van der Waals surface area (Å²) in [4.78, 5) is 10.6. The van der Waals surface area contributed by atoms with E-state index in [1.54, 1.807) is 13.1 Å². The number of anilines is 2. The Hall–Kier alpha value is -2.01. The zero-order valence-corrected chi connectivity index (χ0v) is 8.89. The predicted molar refractivity (Wildman–Crippen MR) is 59.1 cm³/mol. The molecule has 15 heavy (non-hydrogen) atoms. The Morgan fingerprint density at radius 3 is 2.60 bits per heavy atom. The van der Waals surface area contributed by atoms with Crippen LogP contribution in [0.1, 0.15) is 13.8 Å². The maximum Gasteiger partial charge on any atom is 0.220 e. The Bertz CT molecular complexity index is 381. The van der Waals surface area contributed by atoms with Crippen molar-refractivity contribution in [2.24, 2.45) is 5.11 Å². The monoisotopic (exact) mass is 207 g/mol. The van der Waals surface area contributed by atoms with Gasteiger partial charge in [-0.05, 0) is 24.5 Å². The van der Waals surface area contributed by atoms with Gasteiger partial charge in [-0.15, -0.1) is 0 Å². The molecule has 0 unspecified atom stereocenters. The van der Waals surface area contributed by atoms with Crippen molar-refractivity contribution in [3.63, 3.8) is 0 Å². The molecule has 0 saturated carbocycles. The minimum Gasteiger partial charge on any atom is -0.373 e. The van der Waals surface area contributed by atoms with Crippen LogP contribution in [-0.2, 0) is 0 Å². The molecule has 1 rings (SSSR count). The van der Waals surface area contributed by atoms with Crippen molar-refractivity contribution in [2.45, 2.75) is 19.9 Å². The molecule has 7 nitrogen and oxygen atoms in total. The van der Waals surface area contributed by atoms with Gasteiger partial charge in [0.25, 0.3) is 0 Å². The Morgan fingerprint density at radius 2 is 2.07 bits per heavy atom. The van der Waals surface area contributed by atoms with Crippen molar-refractivity contribution in [3.8, 4) is 0 Å². The number of nitrogens with zero attached hydrogens (tertiary/aromatic N) is 5. The van der Waals surface area contributed by atoms with Crippen LogP contribution in [0.5, 0.6) is 0 Å². The molecule has 0 fully saturated rings. The van der Waals surface area contributed by atoms with E-state index in [4.69, 9.17) is 5.53 Å². The first-order valence-corrected chi connectivity index (χ1v) is 4.54. The molecule has 1 aromatic rings. The normalized spacial score (nSPS) is 9.60. The van der Waals surface area contributed by atoms with E-state index >= 15 is 0 Å². The molecule has 0 bridgehead atoms. The molecule has 80 valence electrons. The average Bonchev–Trinajstić information content (AvgIpc) is 2.16. The molecule has 0 saturated heterocycles. The van der Waals surface area contributed by atoms with E-state index in [2.05, 4.69) is 30.6 Å². The highest BCUT2D eigenvalue weighted by Gasteiger charge is 2.02. The fraction of sp³-hybridized carbons (Fsp3) is 0.500. The van der Waals surface area contributed by atoms with E-state index in [0.29, 0.717) is 11.6 Å². The second-order valence-electron chi connectivity index (χ2n) is 3.18. The summed E-state index contributed by atoms with van der Waals surface area (Å²) in [6.07, 6.45) is 0. The molecule has 0 radical (unpaired) electrons. The SMILES string of the molecule is CNc1cc(NC(C)C)nc(N=[N+]=[N-])n1. The number of hydrogen-bond acceptors (Lipinski definition) is 5. The van der Waals surface area contributed by atoms with Crippen molar-refractivity contribution in [2.75, 3.05) is 17.7 Å². The van der Waals surface area contributed by atoms with Gasteiger partial charge in [0.15, 0.2) is 0 Å². The van der Waals surface area contributed by atoms with Gasteiger partial charge in [0.2, 0.25) is 5.95 Å². The number of hydrogen-bond donors (Lipinski definition) is 2. The molecule has 7 heteroatoms. The van der Waals surface area contributed by atoms with Crippen LogP contribution in [0.25, 0.3) is 10.4 Å². The second kappa shape index (κ2) is 5.02. The highest BCUT2D eigenvalue weighted by molar-refractivity contribution is 5.50. The lowest BCUT2D eigenvalue weighted by Gasteiger charge is -2.10. The summed E-state index contributed by atoms with van der Waals surface area (Å²) in [7, 11) is 1.74. The van der Waals surface area contributed by atoms with Crippen LogP contribution in [0.3, 0.4) is 0 Å². The van der Waals surface area contributed by atoms with Crippen LogP contribution in [0.4, 0.5) is 17.6 Å². The third-order valence-corrected chi connectivity index (χ3v) is 1.54. The summed E-state index contributed by atoms with van der Waals surface area (Å²) in [5.74, 6) is 1.34. The fourth-order valence-electron chi connectivity index (χ4n) is 1.02. The van der Waals surface area contributed by atoms with Crippen LogP contribution in [0.2, 0.25) is 0 Å². The van der Waals surface area contributed by atoms with Gasteiger partial charge in [0.1, 0.15) is 11.6 Å². The third-order valence-electron chi connectivity index (χ3n) is 1.54. The first-order chi connectivity index (χ1) is 7.15. The van der Waals surface area contributed by atoms with Crippen molar-refractivity contribution in [1.29, 1.82) is 0 Å². The molecule has 1 aromatic heterocycles. The van der Waals surface area contributed by atoms with E-state index < -0.39 is 0 Å². The maximum atomic E-state index is 8.29. The Labute approximate surface area is 87.6 Å². The van der Waals surface area contributed by atoms with Crippen molar-refractivity contribution >= 4 is 17.6 Å². The smallest absolute Gasteiger partial charge is 0.220 e. The van der Waals surface area contributed by atoms with E-state index in [-0.39, 0.29) is 12.0 Å².